The van der Waals surface area contributed by atoms with Crippen molar-refractivity contribution < 1.29 is 8.78 Å². The van der Waals surface area contributed by atoms with Gasteiger partial charge in [-0.2, -0.15) is 0 Å². The third kappa shape index (κ3) is 7.69. The predicted molar refractivity (Wildman–Crippen MR) is 142 cm³/mol. The molecule has 2 heterocycles. The van der Waals surface area contributed by atoms with Gasteiger partial charge in [0.15, 0.2) is 0 Å². The zero-order valence-corrected chi connectivity index (χ0v) is 21.2. The molecule has 6 heteroatoms. The highest BCUT2D eigenvalue weighted by molar-refractivity contribution is 5.77. The fourth-order valence-electron chi connectivity index (χ4n) is 4.27. The first kappa shape index (κ1) is 26.5. The summed E-state index contributed by atoms with van der Waals surface area (Å²) in [4.78, 5) is 11.2. The minimum Gasteiger partial charge on any atom is -0.325 e. The molecule has 0 aliphatic carbocycles. The van der Waals surface area contributed by atoms with Crippen LogP contribution in [0.4, 0.5) is 20.4 Å². The first-order chi connectivity index (χ1) is 16.8. The van der Waals surface area contributed by atoms with Gasteiger partial charge in [0.25, 0.3) is 0 Å². The number of rotatable bonds is 12. The van der Waals surface area contributed by atoms with Crippen LogP contribution in [0, 0.1) is 17.6 Å². The third-order valence-electron chi connectivity index (χ3n) is 5.93. The number of aromatic nitrogens is 2. The molecule has 3 aromatic rings. The summed E-state index contributed by atoms with van der Waals surface area (Å²) < 4.78 is 28.4. The Labute approximate surface area is 208 Å². The molecule has 0 saturated heterocycles. The van der Waals surface area contributed by atoms with Crippen molar-refractivity contribution in [1.29, 1.82) is 0 Å². The summed E-state index contributed by atoms with van der Waals surface area (Å²) in [7, 11) is 4.07. The highest BCUT2D eigenvalue weighted by Crippen LogP contribution is 2.30. The Morgan fingerprint density at radius 3 is 2.57 bits per heavy atom. The molecule has 0 saturated carbocycles. The van der Waals surface area contributed by atoms with Crippen molar-refractivity contribution in [3.8, 4) is 11.1 Å². The number of nitrogens with one attached hydrogen (secondary N) is 1. The van der Waals surface area contributed by atoms with Gasteiger partial charge in [0.05, 0.1) is 6.20 Å². The molecule has 0 spiro atoms. The average Bonchev–Trinajstić information content (AvgIpc) is 2.80. The maximum absolute atomic E-state index is 14.7. The molecule has 0 fully saturated rings. The summed E-state index contributed by atoms with van der Waals surface area (Å²) in [6.45, 7) is 9.01. The Hall–Kier alpha value is -3.12. The van der Waals surface area contributed by atoms with Gasteiger partial charge in [-0.15, -0.1) is 0 Å². The number of benzene rings is 1. The molecule has 35 heavy (non-hydrogen) atoms. The average molecular weight is 479 g/mol. The van der Waals surface area contributed by atoms with Crippen LogP contribution in [-0.4, -0.2) is 29.0 Å². The molecule has 0 bridgehead atoms. The van der Waals surface area contributed by atoms with E-state index in [2.05, 4.69) is 41.7 Å². The molecule has 2 aromatic heterocycles. The summed E-state index contributed by atoms with van der Waals surface area (Å²) in [5.74, 6) is 0.809. The highest BCUT2D eigenvalue weighted by Gasteiger charge is 2.13. The van der Waals surface area contributed by atoms with Crippen molar-refractivity contribution in [2.45, 2.75) is 52.5 Å². The Balaban J connectivity index is 1.90. The second-order valence-electron chi connectivity index (χ2n) is 9.50. The predicted octanol–water partition coefficient (Wildman–Crippen LogP) is 7.63. The van der Waals surface area contributed by atoms with E-state index in [1.54, 1.807) is 12.1 Å². The van der Waals surface area contributed by atoms with Gasteiger partial charge in [0.2, 0.25) is 0 Å². The topological polar surface area (TPSA) is 41.0 Å². The quantitative estimate of drug-likeness (QED) is 0.272. The van der Waals surface area contributed by atoms with Crippen molar-refractivity contribution in [3.63, 3.8) is 0 Å². The monoisotopic (exact) mass is 478 g/mol. The normalized spacial score (nSPS) is 12.1. The van der Waals surface area contributed by atoms with Crippen molar-refractivity contribution in [3.05, 3.63) is 77.6 Å². The number of halogens is 2. The molecule has 0 aliphatic rings. The Bertz CT molecular complexity index is 1140. The fraction of sp³-hybridized carbons (Fsp3) is 0.379. The zero-order valence-electron chi connectivity index (χ0n) is 21.2. The van der Waals surface area contributed by atoms with Crippen molar-refractivity contribution >= 4 is 17.7 Å². The molecule has 1 N–H and O–H groups in total. The maximum Gasteiger partial charge on any atom is 0.149 e. The lowest BCUT2D eigenvalue weighted by Gasteiger charge is -2.16. The van der Waals surface area contributed by atoms with E-state index in [1.807, 2.05) is 20.2 Å². The molecular formula is C29H36F2N4. The first-order valence-electron chi connectivity index (χ1n) is 12.3. The summed E-state index contributed by atoms with van der Waals surface area (Å²) in [5, 5.41) is 3.26. The maximum atomic E-state index is 14.7. The summed E-state index contributed by atoms with van der Waals surface area (Å²) in [6.07, 6.45) is 8.49. The van der Waals surface area contributed by atoms with E-state index in [0.29, 0.717) is 34.2 Å². The molecule has 1 aromatic carbocycles. The lowest BCUT2D eigenvalue weighted by atomic mass is 9.97. The fourth-order valence-corrected chi connectivity index (χ4v) is 4.27. The van der Waals surface area contributed by atoms with Gasteiger partial charge in [-0.3, -0.25) is 0 Å². The van der Waals surface area contributed by atoms with E-state index < -0.39 is 11.6 Å². The second kappa shape index (κ2) is 12.5. The van der Waals surface area contributed by atoms with Gasteiger partial charge in [0.1, 0.15) is 23.3 Å². The number of hydrogen-bond donors (Lipinski definition) is 1. The van der Waals surface area contributed by atoms with Crippen LogP contribution >= 0.6 is 0 Å². The Morgan fingerprint density at radius 1 is 1.06 bits per heavy atom. The standard InChI is InChI=1S/C29H36F2N4/c1-6-8-9-10-20(3)13-24-14-21(19-35(4)5)15-29(33-24)34-28-17-26(27(31)18-32-28)25-12-11-23(30)16-22(25)7-2/h7,11-12,14-18,20H,2,6,8-10,13,19H2,1,3-5H3,(H,32,33,34). The molecule has 0 aliphatic heterocycles. The Morgan fingerprint density at radius 2 is 1.86 bits per heavy atom. The van der Waals surface area contributed by atoms with Gasteiger partial charge in [-0.25, -0.2) is 18.7 Å². The van der Waals surface area contributed by atoms with Gasteiger partial charge in [-0.05, 0) is 73.5 Å². The van der Waals surface area contributed by atoms with Crippen molar-refractivity contribution in [1.82, 2.24) is 14.9 Å². The number of anilines is 2. The van der Waals surface area contributed by atoms with Crippen LogP contribution in [0.1, 0.15) is 56.4 Å². The van der Waals surface area contributed by atoms with Crippen LogP contribution in [0.2, 0.25) is 0 Å². The van der Waals surface area contributed by atoms with Crippen molar-refractivity contribution in [2.24, 2.45) is 5.92 Å². The van der Waals surface area contributed by atoms with Gasteiger partial charge < -0.3 is 10.2 Å². The van der Waals surface area contributed by atoms with E-state index in [-0.39, 0.29) is 0 Å². The summed E-state index contributed by atoms with van der Waals surface area (Å²) in [5.41, 5.74) is 3.59. The van der Waals surface area contributed by atoms with E-state index in [1.165, 1.54) is 50.1 Å². The van der Waals surface area contributed by atoms with E-state index in [4.69, 9.17) is 4.98 Å². The molecule has 0 radical (unpaired) electrons. The molecule has 3 rings (SSSR count). The van der Waals surface area contributed by atoms with Crippen LogP contribution in [0.5, 0.6) is 0 Å². The number of nitrogens with zero attached hydrogens (tertiary/aromatic N) is 3. The first-order valence-corrected chi connectivity index (χ1v) is 12.3. The summed E-state index contributed by atoms with van der Waals surface area (Å²) >= 11 is 0. The van der Waals surface area contributed by atoms with E-state index >= 15 is 0 Å². The Kier molecular flexibility index (Phi) is 9.49. The van der Waals surface area contributed by atoms with Gasteiger partial charge in [-0.1, -0.05) is 58.3 Å². The van der Waals surface area contributed by atoms with Gasteiger partial charge >= 0.3 is 0 Å². The second-order valence-corrected chi connectivity index (χ2v) is 9.50. The van der Waals surface area contributed by atoms with Crippen LogP contribution in [0.25, 0.3) is 17.2 Å². The number of hydrogen-bond acceptors (Lipinski definition) is 4. The molecule has 1 atom stereocenters. The van der Waals surface area contributed by atoms with Crippen molar-refractivity contribution in [2.75, 3.05) is 19.4 Å². The molecule has 186 valence electrons. The molecular weight excluding hydrogens is 442 g/mol. The third-order valence-corrected chi connectivity index (χ3v) is 5.93. The van der Waals surface area contributed by atoms with Crippen LogP contribution in [0.3, 0.4) is 0 Å². The number of pyridine rings is 2. The minimum absolute atomic E-state index is 0.326. The van der Waals surface area contributed by atoms with E-state index in [9.17, 15) is 8.78 Å². The van der Waals surface area contributed by atoms with Crippen LogP contribution in [0.15, 0.2) is 49.2 Å². The van der Waals surface area contributed by atoms with Crippen LogP contribution < -0.4 is 5.32 Å². The molecule has 4 nitrogen and oxygen atoms in total. The van der Waals surface area contributed by atoms with Gasteiger partial charge in [0, 0.05) is 17.8 Å². The number of unbranched alkanes of at least 4 members (excludes halogenated alkanes) is 2. The summed E-state index contributed by atoms with van der Waals surface area (Å²) in [6, 6.07) is 10.0. The lowest BCUT2D eigenvalue weighted by molar-refractivity contribution is 0.402. The smallest absolute Gasteiger partial charge is 0.149 e. The highest BCUT2D eigenvalue weighted by atomic mass is 19.1. The largest absolute Gasteiger partial charge is 0.325 e. The molecule has 1 unspecified atom stereocenters. The van der Waals surface area contributed by atoms with Crippen LogP contribution in [-0.2, 0) is 13.0 Å². The lowest BCUT2D eigenvalue weighted by Crippen LogP contribution is -2.12. The van der Waals surface area contributed by atoms with E-state index in [0.717, 1.165) is 24.2 Å². The molecule has 0 amide bonds. The minimum atomic E-state index is -0.485. The SMILES string of the molecule is C=Cc1cc(F)ccc1-c1cc(Nc2cc(CN(C)C)cc(CC(C)CCCCC)n2)ncc1F. The zero-order chi connectivity index (χ0) is 25.4.